The van der Waals surface area contributed by atoms with Crippen molar-refractivity contribution in [2.24, 2.45) is 0 Å². The molecule has 0 spiro atoms. The lowest BCUT2D eigenvalue weighted by Gasteiger charge is -2.28. The van der Waals surface area contributed by atoms with Gasteiger partial charge in [-0.2, -0.15) is 0 Å². The van der Waals surface area contributed by atoms with E-state index in [0.717, 1.165) is 22.4 Å². The number of hydrogen-bond acceptors (Lipinski definition) is 3. The number of benzene rings is 3. The summed E-state index contributed by atoms with van der Waals surface area (Å²) in [4.78, 5) is 27.9. The van der Waals surface area contributed by atoms with Crippen molar-refractivity contribution in [2.75, 3.05) is 11.4 Å². The molecule has 0 saturated carbocycles. The van der Waals surface area contributed by atoms with E-state index in [1.165, 1.54) is 5.56 Å². The molecule has 0 aliphatic carbocycles. The molecule has 2 heterocycles. The Bertz CT molecular complexity index is 1140. The molecule has 0 radical (unpaired) electrons. The number of para-hydroxylation sites is 2. The number of amides is 2. The number of ether oxygens (including phenoxy) is 1. The fourth-order valence-corrected chi connectivity index (χ4v) is 4.42. The van der Waals surface area contributed by atoms with Gasteiger partial charge in [0, 0.05) is 29.8 Å². The fourth-order valence-electron chi connectivity index (χ4n) is 4.42. The van der Waals surface area contributed by atoms with Gasteiger partial charge in [0.1, 0.15) is 11.5 Å². The van der Waals surface area contributed by atoms with Crippen molar-refractivity contribution in [2.45, 2.75) is 32.2 Å². The van der Waals surface area contributed by atoms with Crippen LogP contribution in [0.25, 0.3) is 0 Å². The Morgan fingerprint density at radius 1 is 0.935 bits per heavy atom. The predicted octanol–water partition coefficient (Wildman–Crippen LogP) is 4.46. The molecular weight excluding hydrogens is 388 g/mol. The van der Waals surface area contributed by atoms with E-state index >= 15 is 0 Å². The van der Waals surface area contributed by atoms with Crippen molar-refractivity contribution in [3.8, 4) is 11.5 Å². The molecule has 5 rings (SSSR count). The highest BCUT2D eigenvalue weighted by atomic mass is 16.5. The molecule has 1 fully saturated rings. The quantitative estimate of drug-likeness (QED) is 0.691. The number of anilines is 1. The first-order chi connectivity index (χ1) is 15.0. The van der Waals surface area contributed by atoms with Crippen LogP contribution in [0.5, 0.6) is 11.5 Å². The molecular formula is C26H24N2O3. The summed E-state index contributed by atoms with van der Waals surface area (Å²) in [6, 6.07) is 21.0. The summed E-state index contributed by atoms with van der Waals surface area (Å²) in [6.07, 6.45) is 0.297. The molecule has 2 aliphatic heterocycles. The van der Waals surface area contributed by atoms with E-state index in [1.54, 1.807) is 4.90 Å². The van der Waals surface area contributed by atoms with E-state index in [4.69, 9.17) is 4.74 Å². The van der Waals surface area contributed by atoms with E-state index in [0.29, 0.717) is 24.5 Å². The SMILES string of the molecule is Cc1ccc(N2C[C@@H](NC(=O)C3c4ccccc4Oc4ccccc43)CC2=O)cc1C. The zero-order chi connectivity index (χ0) is 21.5. The number of nitrogens with zero attached hydrogens (tertiary/aromatic N) is 1. The number of carbonyl (C=O) groups excluding carboxylic acids is 2. The van der Waals surface area contributed by atoms with Crippen LogP contribution in [0, 0.1) is 13.8 Å². The zero-order valence-corrected chi connectivity index (χ0v) is 17.6. The van der Waals surface area contributed by atoms with Gasteiger partial charge in [-0.3, -0.25) is 9.59 Å². The van der Waals surface area contributed by atoms with Crippen LogP contribution in [-0.2, 0) is 9.59 Å². The molecule has 0 unspecified atom stereocenters. The maximum Gasteiger partial charge on any atom is 0.232 e. The molecule has 0 bridgehead atoms. The Morgan fingerprint density at radius 2 is 1.58 bits per heavy atom. The van der Waals surface area contributed by atoms with Crippen LogP contribution in [0.1, 0.15) is 34.6 Å². The number of carbonyl (C=O) groups is 2. The monoisotopic (exact) mass is 412 g/mol. The molecule has 5 heteroatoms. The lowest BCUT2D eigenvalue weighted by atomic mass is 9.87. The number of fused-ring (bicyclic) bond motifs is 2. The number of nitrogens with one attached hydrogen (secondary N) is 1. The van der Waals surface area contributed by atoms with Crippen molar-refractivity contribution in [3.63, 3.8) is 0 Å². The van der Waals surface area contributed by atoms with Crippen LogP contribution in [0.15, 0.2) is 66.7 Å². The van der Waals surface area contributed by atoms with Gasteiger partial charge in [0.25, 0.3) is 0 Å². The van der Waals surface area contributed by atoms with Crippen LogP contribution in [-0.4, -0.2) is 24.4 Å². The molecule has 0 aromatic heterocycles. The van der Waals surface area contributed by atoms with Crippen LogP contribution in [0.2, 0.25) is 0 Å². The van der Waals surface area contributed by atoms with E-state index in [-0.39, 0.29) is 17.9 Å². The average Bonchev–Trinajstić information content (AvgIpc) is 3.13. The summed E-state index contributed by atoms with van der Waals surface area (Å²) >= 11 is 0. The van der Waals surface area contributed by atoms with Gasteiger partial charge in [0.05, 0.1) is 12.0 Å². The maximum absolute atomic E-state index is 13.4. The summed E-state index contributed by atoms with van der Waals surface area (Å²) in [7, 11) is 0. The third-order valence-electron chi connectivity index (χ3n) is 6.22. The van der Waals surface area contributed by atoms with Crippen molar-refractivity contribution < 1.29 is 14.3 Å². The highest BCUT2D eigenvalue weighted by Gasteiger charge is 2.36. The standard InChI is InChI=1S/C26H24N2O3/c1-16-11-12-19(13-17(16)2)28-15-18(14-24(28)29)27-26(30)25-20-7-3-5-9-22(20)31-23-10-6-4-8-21(23)25/h3-13,18,25H,14-15H2,1-2H3,(H,27,30)/t18-/m0/s1. The van der Waals surface area contributed by atoms with Gasteiger partial charge < -0.3 is 15.0 Å². The summed E-state index contributed by atoms with van der Waals surface area (Å²) < 4.78 is 6.00. The van der Waals surface area contributed by atoms with Gasteiger partial charge in [-0.25, -0.2) is 0 Å². The Kier molecular flexibility index (Phi) is 4.74. The lowest BCUT2D eigenvalue weighted by molar-refractivity contribution is -0.122. The van der Waals surface area contributed by atoms with Crippen LogP contribution in [0.4, 0.5) is 5.69 Å². The Morgan fingerprint density at radius 3 is 2.23 bits per heavy atom. The lowest BCUT2D eigenvalue weighted by Crippen LogP contribution is -2.40. The van der Waals surface area contributed by atoms with Crippen LogP contribution >= 0.6 is 0 Å². The third kappa shape index (κ3) is 3.46. The van der Waals surface area contributed by atoms with E-state index in [2.05, 4.69) is 12.2 Å². The minimum Gasteiger partial charge on any atom is -0.457 e. The first kappa shape index (κ1) is 19.4. The molecule has 5 nitrogen and oxygen atoms in total. The van der Waals surface area contributed by atoms with Crippen molar-refractivity contribution in [3.05, 3.63) is 89.0 Å². The van der Waals surface area contributed by atoms with E-state index in [9.17, 15) is 9.59 Å². The largest absolute Gasteiger partial charge is 0.457 e. The highest BCUT2D eigenvalue weighted by molar-refractivity contribution is 5.97. The number of hydrogen-bond donors (Lipinski definition) is 1. The zero-order valence-electron chi connectivity index (χ0n) is 17.6. The topological polar surface area (TPSA) is 58.6 Å². The minimum atomic E-state index is -0.466. The van der Waals surface area contributed by atoms with Gasteiger partial charge in [0.2, 0.25) is 11.8 Å². The molecule has 2 aliphatic rings. The van der Waals surface area contributed by atoms with E-state index < -0.39 is 5.92 Å². The van der Waals surface area contributed by atoms with Crippen molar-refractivity contribution in [1.82, 2.24) is 5.32 Å². The maximum atomic E-state index is 13.4. The second kappa shape index (κ2) is 7.58. The molecule has 3 aromatic carbocycles. The molecule has 1 saturated heterocycles. The van der Waals surface area contributed by atoms with Gasteiger partial charge >= 0.3 is 0 Å². The normalized spacial score (nSPS) is 17.7. The van der Waals surface area contributed by atoms with Crippen LogP contribution in [0.3, 0.4) is 0 Å². The summed E-state index contributed by atoms with van der Waals surface area (Å²) in [5.74, 6) is 0.845. The molecule has 31 heavy (non-hydrogen) atoms. The van der Waals surface area contributed by atoms with Gasteiger partial charge in [-0.1, -0.05) is 42.5 Å². The molecule has 1 N–H and O–H groups in total. The Balaban J connectivity index is 1.39. The smallest absolute Gasteiger partial charge is 0.232 e. The van der Waals surface area contributed by atoms with Gasteiger partial charge in [-0.05, 0) is 49.2 Å². The Hall–Kier alpha value is -3.60. The minimum absolute atomic E-state index is 0.0290. The first-order valence-electron chi connectivity index (χ1n) is 10.5. The highest BCUT2D eigenvalue weighted by Crippen LogP contribution is 2.44. The summed E-state index contributed by atoms with van der Waals surface area (Å²) in [5, 5.41) is 3.13. The van der Waals surface area contributed by atoms with Crippen LogP contribution < -0.4 is 15.0 Å². The van der Waals surface area contributed by atoms with Crippen molar-refractivity contribution in [1.29, 1.82) is 0 Å². The Labute approximate surface area is 181 Å². The fraction of sp³-hybridized carbons (Fsp3) is 0.231. The van der Waals surface area contributed by atoms with Gasteiger partial charge in [-0.15, -0.1) is 0 Å². The van der Waals surface area contributed by atoms with Crippen molar-refractivity contribution >= 4 is 17.5 Å². The molecule has 3 aromatic rings. The second-order valence-corrected chi connectivity index (χ2v) is 8.29. The van der Waals surface area contributed by atoms with Gasteiger partial charge in [0.15, 0.2) is 0 Å². The molecule has 1 atom stereocenters. The average molecular weight is 412 g/mol. The predicted molar refractivity (Wildman–Crippen MR) is 120 cm³/mol. The summed E-state index contributed by atoms with van der Waals surface area (Å²) in [6.45, 7) is 4.57. The van der Waals surface area contributed by atoms with E-state index in [1.807, 2.05) is 73.7 Å². The number of rotatable bonds is 3. The molecule has 156 valence electrons. The summed E-state index contributed by atoms with van der Waals surface area (Å²) in [5.41, 5.74) is 4.90. The number of aryl methyl sites for hydroxylation is 2. The third-order valence-corrected chi connectivity index (χ3v) is 6.22. The first-order valence-corrected chi connectivity index (χ1v) is 10.5. The molecule has 2 amide bonds. The second-order valence-electron chi connectivity index (χ2n) is 8.29.